The second-order valence-corrected chi connectivity index (χ2v) is 5.75. The number of rotatable bonds is 3. The summed E-state index contributed by atoms with van der Waals surface area (Å²) in [6, 6.07) is 0.540. The molecule has 1 heterocycles. The highest BCUT2D eigenvalue weighted by Gasteiger charge is 2.34. The minimum Gasteiger partial charge on any atom is -0.329 e. The van der Waals surface area contributed by atoms with Gasteiger partial charge in [-0.3, -0.25) is 9.80 Å². The highest BCUT2D eigenvalue weighted by molar-refractivity contribution is 4.91. The maximum atomic E-state index is 5.87. The summed E-state index contributed by atoms with van der Waals surface area (Å²) >= 11 is 0. The van der Waals surface area contributed by atoms with Crippen LogP contribution < -0.4 is 5.73 Å². The number of hydrogen-bond donors (Lipinski definition) is 1. The van der Waals surface area contributed by atoms with Crippen molar-refractivity contribution in [2.75, 3.05) is 33.2 Å². The predicted octanol–water partition coefficient (Wildman–Crippen LogP) is 0.996. The zero-order chi connectivity index (χ0) is 11.6. The molecule has 1 rings (SSSR count). The summed E-state index contributed by atoms with van der Waals surface area (Å²) in [5.41, 5.74) is 6.15. The van der Waals surface area contributed by atoms with Gasteiger partial charge in [0.05, 0.1) is 0 Å². The Kier molecular flexibility index (Phi) is 4.15. The summed E-state index contributed by atoms with van der Waals surface area (Å²) in [6.45, 7) is 13.4. The van der Waals surface area contributed by atoms with Gasteiger partial charge in [0.25, 0.3) is 0 Å². The molecule has 2 N–H and O–H groups in total. The van der Waals surface area contributed by atoms with E-state index in [1.54, 1.807) is 0 Å². The molecular formula is C12H27N3. The number of nitrogens with two attached hydrogens (primary N) is 1. The van der Waals surface area contributed by atoms with E-state index in [0.717, 1.165) is 26.2 Å². The summed E-state index contributed by atoms with van der Waals surface area (Å²) in [7, 11) is 2.21. The minimum absolute atomic E-state index is 0.278. The van der Waals surface area contributed by atoms with Crippen LogP contribution in [0, 0.1) is 5.92 Å². The Morgan fingerprint density at radius 1 is 1.27 bits per heavy atom. The highest BCUT2D eigenvalue weighted by Crippen LogP contribution is 2.22. The molecule has 1 aliphatic rings. The Morgan fingerprint density at radius 2 is 1.87 bits per heavy atom. The molecule has 1 aliphatic heterocycles. The predicted molar refractivity (Wildman–Crippen MR) is 66.0 cm³/mol. The Bertz CT molecular complexity index is 201. The molecule has 1 saturated heterocycles. The van der Waals surface area contributed by atoms with Gasteiger partial charge in [-0.2, -0.15) is 0 Å². The average Bonchev–Trinajstić information content (AvgIpc) is 2.11. The van der Waals surface area contributed by atoms with Crippen LogP contribution in [0.15, 0.2) is 0 Å². The maximum absolute atomic E-state index is 5.87. The van der Waals surface area contributed by atoms with Crippen molar-refractivity contribution in [3.8, 4) is 0 Å². The molecule has 0 amide bonds. The second kappa shape index (κ2) is 4.81. The standard InChI is InChI=1S/C12H27N3/c1-10(2)11(8-13)15-7-6-14(5)12(3,4)9-15/h10-11H,6-9,13H2,1-5H3. The maximum Gasteiger partial charge on any atom is 0.0277 e. The number of nitrogens with zero attached hydrogens (tertiary/aromatic N) is 2. The number of hydrogen-bond acceptors (Lipinski definition) is 3. The third kappa shape index (κ3) is 2.92. The molecule has 0 aromatic heterocycles. The summed E-state index contributed by atoms with van der Waals surface area (Å²) in [6.07, 6.45) is 0. The molecular weight excluding hydrogens is 186 g/mol. The molecule has 0 aliphatic carbocycles. The lowest BCUT2D eigenvalue weighted by molar-refractivity contribution is 0.00794. The van der Waals surface area contributed by atoms with E-state index in [1.165, 1.54) is 0 Å². The number of piperazine rings is 1. The third-order valence-electron chi connectivity index (χ3n) is 3.83. The van der Waals surface area contributed by atoms with E-state index in [0.29, 0.717) is 12.0 Å². The largest absolute Gasteiger partial charge is 0.329 e. The van der Waals surface area contributed by atoms with Gasteiger partial charge >= 0.3 is 0 Å². The first-order valence-corrected chi connectivity index (χ1v) is 6.04. The fourth-order valence-electron chi connectivity index (χ4n) is 2.40. The first kappa shape index (κ1) is 12.9. The SMILES string of the molecule is CC(C)C(CN)N1CCN(C)C(C)(C)C1. The quantitative estimate of drug-likeness (QED) is 0.759. The van der Waals surface area contributed by atoms with Crippen LogP contribution in [0.1, 0.15) is 27.7 Å². The van der Waals surface area contributed by atoms with Crippen molar-refractivity contribution in [1.29, 1.82) is 0 Å². The van der Waals surface area contributed by atoms with E-state index in [4.69, 9.17) is 5.73 Å². The molecule has 0 spiro atoms. The lowest BCUT2D eigenvalue weighted by Gasteiger charge is -2.48. The monoisotopic (exact) mass is 213 g/mol. The summed E-state index contributed by atoms with van der Waals surface area (Å²) in [5.74, 6) is 0.647. The van der Waals surface area contributed by atoms with E-state index in [2.05, 4.69) is 44.5 Å². The van der Waals surface area contributed by atoms with Crippen LogP contribution in [0.4, 0.5) is 0 Å². The van der Waals surface area contributed by atoms with Crippen molar-refractivity contribution in [3.63, 3.8) is 0 Å². The average molecular weight is 213 g/mol. The first-order chi connectivity index (χ1) is 6.88. The highest BCUT2D eigenvalue weighted by atomic mass is 15.3. The Morgan fingerprint density at radius 3 is 2.27 bits per heavy atom. The van der Waals surface area contributed by atoms with Crippen molar-refractivity contribution in [2.45, 2.75) is 39.3 Å². The summed E-state index contributed by atoms with van der Waals surface area (Å²) in [4.78, 5) is 5.00. The topological polar surface area (TPSA) is 32.5 Å². The van der Waals surface area contributed by atoms with Gasteiger partial charge in [-0.05, 0) is 26.8 Å². The van der Waals surface area contributed by atoms with Crippen LogP contribution in [-0.2, 0) is 0 Å². The van der Waals surface area contributed by atoms with Gasteiger partial charge in [-0.25, -0.2) is 0 Å². The zero-order valence-corrected chi connectivity index (χ0v) is 11.0. The molecule has 1 unspecified atom stereocenters. The molecule has 90 valence electrons. The molecule has 0 radical (unpaired) electrons. The van der Waals surface area contributed by atoms with Crippen LogP contribution in [0.5, 0.6) is 0 Å². The summed E-state index contributed by atoms with van der Waals surface area (Å²) in [5, 5.41) is 0. The van der Waals surface area contributed by atoms with Crippen molar-refractivity contribution >= 4 is 0 Å². The van der Waals surface area contributed by atoms with Crippen LogP contribution in [0.3, 0.4) is 0 Å². The molecule has 3 nitrogen and oxygen atoms in total. The summed E-state index contributed by atoms with van der Waals surface area (Å²) < 4.78 is 0. The van der Waals surface area contributed by atoms with Crippen molar-refractivity contribution in [1.82, 2.24) is 9.80 Å². The van der Waals surface area contributed by atoms with E-state index >= 15 is 0 Å². The Balaban J connectivity index is 2.65. The van der Waals surface area contributed by atoms with Crippen LogP contribution in [0.25, 0.3) is 0 Å². The van der Waals surface area contributed by atoms with Crippen LogP contribution >= 0.6 is 0 Å². The normalized spacial score (nSPS) is 25.8. The second-order valence-electron chi connectivity index (χ2n) is 5.75. The van der Waals surface area contributed by atoms with Crippen molar-refractivity contribution < 1.29 is 0 Å². The van der Waals surface area contributed by atoms with E-state index < -0.39 is 0 Å². The fourth-order valence-corrected chi connectivity index (χ4v) is 2.40. The van der Waals surface area contributed by atoms with Crippen LogP contribution in [0.2, 0.25) is 0 Å². The van der Waals surface area contributed by atoms with Gasteiger partial charge in [-0.1, -0.05) is 13.8 Å². The van der Waals surface area contributed by atoms with Gasteiger partial charge < -0.3 is 5.73 Å². The molecule has 0 aromatic carbocycles. The molecule has 0 aromatic rings. The van der Waals surface area contributed by atoms with Gasteiger partial charge in [0, 0.05) is 37.8 Å². The van der Waals surface area contributed by atoms with E-state index in [1.807, 2.05) is 0 Å². The van der Waals surface area contributed by atoms with Gasteiger partial charge in [-0.15, -0.1) is 0 Å². The lowest BCUT2D eigenvalue weighted by Crippen LogP contribution is -2.61. The van der Waals surface area contributed by atoms with Crippen molar-refractivity contribution in [2.24, 2.45) is 11.7 Å². The fraction of sp³-hybridized carbons (Fsp3) is 1.00. The smallest absolute Gasteiger partial charge is 0.0277 e. The molecule has 1 fully saturated rings. The van der Waals surface area contributed by atoms with E-state index in [9.17, 15) is 0 Å². The Labute approximate surface area is 94.6 Å². The molecule has 1 atom stereocenters. The number of likely N-dealkylation sites (N-methyl/N-ethyl adjacent to an activating group) is 1. The minimum atomic E-state index is 0.278. The molecule has 0 bridgehead atoms. The van der Waals surface area contributed by atoms with E-state index in [-0.39, 0.29) is 5.54 Å². The third-order valence-corrected chi connectivity index (χ3v) is 3.83. The Hall–Kier alpha value is -0.120. The van der Waals surface area contributed by atoms with Crippen molar-refractivity contribution in [3.05, 3.63) is 0 Å². The lowest BCUT2D eigenvalue weighted by atomic mass is 9.95. The van der Waals surface area contributed by atoms with Gasteiger partial charge in [0.2, 0.25) is 0 Å². The zero-order valence-electron chi connectivity index (χ0n) is 11.0. The van der Waals surface area contributed by atoms with Gasteiger partial charge in [0.15, 0.2) is 0 Å². The first-order valence-electron chi connectivity index (χ1n) is 6.04. The molecule has 0 saturated carbocycles. The van der Waals surface area contributed by atoms with Crippen LogP contribution in [-0.4, -0.2) is 54.6 Å². The van der Waals surface area contributed by atoms with Gasteiger partial charge in [0.1, 0.15) is 0 Å². The molecule has 15 heavy (non-hydrogen) atoms. The molecule has 3 heteroatoms.